The van der Waals surface area contributed by atoms with Crippen LogP contribution in [0.15, 0.2) is 15.7 Å². The van der Waals surface area contributed by atoms with E-state index in [0.717, 1.165) is 11.3 Å². The topological polar surface area (TPSA) is 92.5 Å². The SMILES string of the molecule is CNC(=O)C1CCN(S(=O)(=O)c2cc(N)cs2)CC1. The number of sulfonamides is 1. The Labute approximate surface area is 116 Å². The predicted octanol–water partition coefficient (Wildman–Crippen LogP) is 0.477. The second-order valence-corrected chi connectivity index (χ2v) is 7.57. The summed E-state index contributed by atoms with van der Waals surface area (Å²) in [6, 6.07) is 1.48. The predicted molar refractivity (Wildman–Crippen MR) is 74.3 cm³/mol. The first kappa shape index (κ1) is 14.3. The molecule has 0 bridgehead atoms. The number of rotatable bonds is 3. The van der Waals surface area contributed by atoms with Crippen LogP contribution in [-0.2, 0) is 14.8 Å². The van der Waals surface area contributed by atoms with Crippen LogP contribution in [0, 0.1) is 5.92 Å². The summed E-state index contributed by atoms with van der Waals surface area (Å²) in [6.45, 7) is 0.746. The van der Waals surface area contributed by atoms with E-state index >= 15 is 0 Å². The number of amides is 1. The number of anilines is 1. The van der Waals surface area contributed by atoms with Crippen LogP contribution >= 0.6 is 11.3 Å². The lowest BCUT2D eigenvalue weighted by Crippen LogP contribution is -2.42. The summed E-state index contributed by atoms with van der Waals surface area (Å²) in [6.07, 6.45) is 1.11. The smallest absolute Gasteiger partial charge is 0.252 e. The van der Waals surface area contributed by atoms with Crippen molar-refractivity contribution in [2.75, 3.05) is 25.9 Å². The number of carbonyl (C=O) groups is 1. The summed E-state index contributed by atoms with van der Waals surface area (Å²) in [5.74, 6) is -0.109. The molecular formula is C11H17N3O3S2. The molecule has 0 aromatic carbocycles. The third-order valence-corrected chi connectivity index (χ3v) is 6.59. The second kappa shape index (κ2) is 5.48. The fourth-order valence-corrected chi connectivity index (χ4v) is 4.86. The van der Waals surface area contributed by atoms with Gasteiger partial charge in [-0.15, -0.1) is 11.3 Å². The number of nitrogen functional groups attached to an aromatic ring is 1. The van der Waals surface area contributed by atoms with Gasteiger partial charge in [-0.05, 0) is 18.9 Å². The van der Waals surface area contributed by atoms with Crippen LogP contribution in [0.5, 0.6) is 0 Å². The van der Waals surface area contributed by atoms with Crippen LogP contribution in [0.2, 0.25) is 0 Å². The van der Waals surface area contributed by atoms with Gasteiger partial charge in [0.25, 0.3) is 10.0 Å². The third kappa shape index (κ3) is 2.90. The number of carbonyl (C=O) groups excluding carboxylic acids is 1. The lowest BCUT2D eigenvalue weighted by atomic mass is 9.97. The molecule has 1 fully saturated rings. The molecule has 0 aliphatic carbocycles. The zero-order chi connectivity index (χ0) is 14.0. The first-order valence-corrected chi connectivity index (χ1v) is 8.33. The minimum absolute atomic E-state index is 0.0163. The molecule has 0 spiro atoms. The average Bonchev–Trinajstić information content (AvgIpc) is 2.85. The summed E-state index contributed by atoms with van der Waals surface area (Å²) in [5, 5.41) is 4.22. The molecule has 1 aliphatic heterocycles. The van der Waals surface area contributed by atoms with Gasteiger partial charge in [0, 0.05) is 37.1 Å². The fraction of sp³-hybridized carbons (Fsp3) is 0.545. The number of hydrogen-bond acceptors (Lipinski definition) is 5. The van der Waals surface area contributed by atoms with Crippen LogP contribution in [0.4, 0.5) is 5.69 Å². The number of thiophene rings is 1. The van der Waals surface area contributed by atoms with Gasteiger partial charge in [0.05, 0.1) is 0 Å². The Hall–Kier alpha value is -1.12. The lowest BCUT2D eigenvalue weighted by Gasteiger charge is -2.29. The summed E-state index contributed by atoms with van der Waals surface area (Å²) in [5.41, 5.74) is 6.02. The summed E-state index contributed by atoms with van der Waals surface area (Å²) < 4.78 is 26.3. The molecule has 0 unspecified atom stereocenters. The number of nitrogens with zero attached hydrogens (tertiary/aromatic N) is 1. The molecule has 1 aromatic rings. The van der Waals surface area contributed by atoms with Gasteiger partial charge in [-0.2, -0.15) is 4.31 Å². The maximum atomic E-state index is 12.3. The Morgan fingerprint density at radius 1 is 1.47 bits per heavy atom. The highest BCUT2D eigenvalue weighted by Crippen LogP contribution is 2.28. The van der Waals surface area contributed by atoms with E-state index < -0.39 is 10.0 Å². The van der Waals surface area contributed by atoms with E-state index in [1.807, 2.05) is 0 Å². The fourth-order valence-electron chi connectivity index (χ4n) is 2.16. The van der Waals surface area contributed by atoms with Crippen LogP contribution in [-0.4, -0.2) is 38.8 Å². The normalized spacial score (nSPS) is 18.4. The lowest BCUT2D eigenvalue weighted by molar-refractivity contribution is -0.125. The van der Waals surface area contributed by atoms with Gasteiger partial charge in [-0.1, -0.05) is 0 Å². The van der Waals surface area contributed by atoms with Crippen molar-refractivity contribution in [3.8, 4) is 0 Å². The van der Waals surface area contributed by atoms with Crippen molar-refractivity contribution in [1.29, 1.82) is 0 Å². The van der Waals surface area contributed by atoms with Crippen molar-refractivity contribution >= 4 is 33.0 Å². The Balaban J connectivity index is 2.07. The third-order valence-electron chi connectivity index (χ3n) is 3.26. The molecule has 1 saturated heterocycles. The molecule has 106 valence electrons. The van der Waals surface area contributed by atoms with Crippen LogP contribution in [0.1, 0.15) is 12.8 Å². The Bertz CT molecular complexity index is 559. The summed E-state index contributed by atoms with van der Waals surface area (Å²) in [7, 11) is -1.86. The van der Waals surface area contributed by atoms with Crippen molar-refractivity contribution in [2.45, 2.75) is 17.1 Å². The van der Waals surface area contributed by atoms with E-state index in [0.29, 0.717) is 31.6 Å². The molecular weight excluding hydrogens is 286 g/mol. The van der Waals surface area contributed by atoms with Crippen LogP contribution in [0.3, 0.4) is 0 Å². The quantitative estimate of drug-likeness (QED) is 0.849. The highest BCUT2D eigenvalue weighted by atomic mass is 32.2. The molecule has 2 heterocycles. The number of hydrogen-bond donors (Lipinski definition) is 2. The van der Waals surface area contributed by atoms with E-state index in [1.165, 1.54) is 10.4 Å². The Morgan fingerprint density at radius 2 is 2.11 bits per heavy atom. The minimum Gasteiger partial charge on any atom is -0.398 e. The number of piperidine rings is 1. The van der Waals surface area contributed by atoms with Crippen LogP contribution < -0.4 is 11.1 Å². The van der Waals surface area contributed by atoms with Gasteiger partial charge in [0.1, 0.15) is 4.21 Å². The molecule has 1 amide bonds. The second-order valence-electron chi connectivity index (χ2n) is 4.49. The number of nitrogens with two attached hydrogens (primary N) is 1. The standard InChI is InChI=1S/C11H17N3O3S2/c1-13-11(15)8-2-4-14(5-3-8)19(16,17)10-6-9(12)7-18-10/h6-8H,2-5,12H2,1H3,(H,13,15). The van der Waals surface area contributed by atoms with Gasteiger partial charge in [0.2, 0.25) is 5.91 Å². The minimum atomic E-state index is -3.46. The maximum absolute atomic E-state index is 12.3. The van der Waals surface area contributed by atoms with Crippen molar-refractivity contribution in [2.24, 2.45) is 5.92 Å². The van der Waals surface area contributed by atoms with Gasteiger partial charge >= 0.3 is 0 Å². The zero-order valence-electron chi connectivity index (χ0n) is 10.6. The molecule has 8 heteroatoms. The summed E-state index contributed by atoms with van der Waals surface area (Å²) >= 11 is 1.13. The molecule has 1 aromatic heterocycles. The molecule has 0 radical (unpaired) electrons. The average molecular weight is 303 g/mol. The molecule has 0 saturated carbocycles. The Kier molecular flexibility index (Phi) is 4.12. The molecule has 0 atom stereocenters. The molecule has 19 heavy (non-hydrogen) atoms. The summed E-state index contributed by atoms with van der Waals surface area (Å²) in [4.78, 5) is 11.5. The van der Waals surface area contributed by atoms with Crippen molar-refractivity contribution in [3.05, 3.63) is 11.4 Å². The van der Waals surface area contributed by atoms with E-state index in [-0.39, 0.29) is 16.0 Å². The van der Waals surface area contributed by atoms with Gasteiger partial charge in [0.15, 0.2) is 0 Å². The molecule has 2 rings (SSSR count). The Morgan fingerprint density at radius 3 is 2.58 bits per heavy atom. The van der Waals surface area contributed by atoms with E-state index in [9.17, 15) is 13.2 Å². The first-order valence-electron chi connectivity index (χ1n) is 6.01. The van der Waals surface area contributed by atoms with Crippen molar-refractivity contribution in [1.82, 2.24) is 9.62 Å². The zero-order valence-corrected chi connectivity index (χ0v) is 12.3. The highest BCUT2D eigenvalue weighted by Gasteiger charge is 2.32. The van der Waals surface area contributed by atoms with E-state index in [2.05, 4.69) is 5.32 Å². The van der Waals surface area contributed by atoms with Crippen molar-refractivity contribution in [3.63, 3.8) is 0 Å². The van der Waals surface area contributed by atoms with Gasteiger partial charge < -0.3 is 11.1 Å². The van der Waals surface area contributed by atoms with E-state index in [4.69, 9.17) is 5.73 Å². The van der Waals surface area contributed by atoms with E-state index in [1.54, 1.807) is 12.4 Å². The largest absolute Gasteiger partial charge is 0.398 e. The number of nitrogens with one attached hydrogen (secondary N) is 1. The molecule has 3 N–H and O–H groups in total. The highest BCUT2D eigenvalue weighted by molar-refractivity contribution is 7.91. The van der Waals surface area contributed by atoms with Crippen LogP contribution in [0.25, 0.3) is 0 Å². The van der Waals surface area contributed by atoms with Gasteiger partial charge in [-0.25, -0.2) is 8.42 Å². The monoisotopic (exact) mass is 303 g/mol. The first-order chi connectivity index (χ1) is 8.95. The maximum Gasteiger partial charge on any atom is 0.252 e. The van der Waals surface area contributed by atoms with Crippen molar-refractivity contribution < 1.29 is 13.2 Å². The van der Waals surface area contributed by atoms with Gasteiger partial charge in [-0.3, -0.25) is 4.79 Å². The molecule has 6 nitrogen and oxygen atoms in total. The molecule has 1 aliphatic rings.